The van der Waals surface area contributed by atoms with Crippen molar-refractivity contribution in [2.75, 3.05) is 11.4 Å². The van der Waals surface area contributed by atoms with Crippen LogP contribution in [0.3, 0.4) is 0 Å². The first-order chi connectivity index (χ1) is 8.88. The van der Waals surface area contributed by atoms with Gasteiger partial charge >= 0.3 is 0 Å². The van der Waals surface area contributed by atoms with Crippen molar-refractivity contribution in [2.24, 2.45) is 0 Å². The van der Waals surface area contributed by atoms with E-state index in [4.69, 9.17) is 4.79 Å². The van der Waals surface area contributed by atoms with E-state index >= 15 is 0 Å². The third kappa shape index (κ3) is 5.99. The summed E-state index contributed by atoms with van der Waals surface area (Å²) < 4.78 is 0. The molecule has 1 amide bonds. The molecule has 1 heterocycles. The number of hydrogen-bond acceptors (Lipinski definition) is 2. The molecule has 0 atom stereocenters. The monoisotopic (exact) mass is 249 g/mol. The number of carbonyl (C=O) groups excluding carboxylic acids is 2. The van der Waals surface area contributed by atoms with Gasteiger partial charge in [0, 0.05) is 18.3 Å². The van der Waals surface area contributed by atoms with Crippen LogP contribution in [0.15, 0.2) is 42.5 Å². The van der Waals surface area contributed by atoms with Crippen molar-refractivity contribution in [3.8, 4) is 0 Å². The summed E-state index contributed by atoms with van der Waals surface area (Å²) in [5, 5.41) is 0. The van der Waals surface area contributed by atoms with Gasteiger partial charge in [-0.25, -0.2) is 0 Å². The fraction of sp³-hybridized carbons (Fsp3) is 0.333. The standard InChI is InChI=1S/C10H9NO.2C2H6.CH2O/c12-10-7-4-8-11(10)9-5-2-1-3-6-9;3*1-2/h1-7H,8H2;2*1-2H3;1H2. The minimum atomic E-state index is 0.0706. The lowest BCUT2D eigenvalue weighted by Crippen LogP contribution is -2.24. The third-order valence-corrected chi connectivity index (χ3v) is 1.88. The molecule has 3 heteroatoms. The van der Waals surface area contributed by atoms with Gasteiger partial charge in [0.1, 0.15) is 6.79 Å². The van der Waals surface area contributed by atoms with Crippen molar-refractivity contribution in [3.05, 3.63) is 42.5 Å². The summed E-state index contributed by atoms with van der Waals surface area (Å²) in [4.78, 5) is 20.9. The summed E-state index contributed by atoms with van der Waals surface area (Å²) in [6.45, 7) is 10.7. The minimum absolute atomic E-state index is 0.0706. The molecule has 0 spiro atoms. The zero-order valence-corrected chi connectivity index (χ0v) is 11.7. The molecular weight excluding hydrogens is 226 g/mol. The highest BCUT2D eigenvalue weighted by Crippen LogP contribution is 2.16. The summed E-state index contributed by atoms with van der Waals surface area (Å²) in [6.07, 6.45) is 3.47. The number of anilines is 1. The van der Waals surface area contributed by atoms with Crippen LogP contribution in [-0.4, -0.2) is 19.2 Å². The SMILES string of the molecule is C=O.CC.CC.O=C1C=CCN1c1ccccc1. The van der Waals surface area contributed by atoms with Crippen molar-refractivity contribution in [1.29, 1.82) is 0 Å². The van der Waals surface area contributed by atoms with Gasteiger partial charge in [0.2, 0.25) is 0 Å². The summed E-state index contributed by atoms with van der Waals surface area (Å²) in [7, 11) is 0. The van der Waals surface area contributed by atoms with E-state index in [2.05, 4.69) is 0 Å². The highest BCUT2D eigenvalue weighted by Gasteiger charge is 2.15. The fourth-order valence-corrected chi connectivity index (χ4v) is 1.28. The lowest BCUT2D eigenvalue weighted by molar-refractivity contribution is -0.113. The lowest BCUT2D eigenvalue weighted by atomic mass is 10.3. The molecule has 3 nitrogen and oxygen atoms in total. The first-order valence-electron chi connectivity index (χ1n) is 6.20. The Labute approximate surface area is 110 Å². The normalized spacial score (nSPS) is 11.3. The molecular formula is C15H23NO2. The molecule has 0 bridgehead atoms. The fourth-order valence-electron chi connectivity index (χ4n) is 1.28. The van der Waals surface area contributed by atoms with Crippen LogP contribution in [-0.2, 0) is 9.59 Å². The van der Waals surface area contributed by atoms with Crippen LogP contribution in [0.4, 0.5) is 5.69 Å². The molecule has 1 aliphatic heterocycles. The molecule has 0 N–H and O–H groups in total. The van der Waals surface area contributed by atoms with Crippen molar-refractivity contribution >= 4 is 18.4 Å². The summed E-state index contributed by atoms with van der Waals surface area (Å²) >= 11 is 0. The average Bonchev–Trinajstić information content (AvgIpc) is 2.92. The lowest BCUT2D eigenvalue weighted by Gasteiger charge is -2.14. The highest BCUT2D eigenvalue weighted by molar-refractivity contribution is 6.03. The topological polar surface area (TPSA) is 37.4 Å². The smallest absolute Gasteiger partial charge is 0.251 e. The molecule has 0 saturated carbocycles. The molecule has 1 aromatic rings. The predicted octanol–water partition coefficient (Wildman–Crippen LogP) is 3.46. The van der Waals surface area contributed by atoms with Crippen LogP contribution in [0.5, 0.6) is 0 Å². The van der Waals surface area contributed by atoms with E-state index in [-0.39, 0.29) is 5.91 Å². The van der Waals surface area contributed by atoms with Crippen molar-refractivity contribution in [3.63, 3.8) is 0 Å². The highest BCUT2D eigenvalue weighted by atomic mass is 16.2. The molecule has 2 rings (SSSR count). The maximum atomic E-state index is 11.2. The summed E-state index contributed by atoms with van der Waals surface area (Å²) in [5.41, 5.74) is 0.965. The molecule has 1 aliphatic rings. The maximum absolute atomic E-state index is 11.2. The van der Waals surface area contributed by atoms with Crippen molar-refractivity contribution in [1.82, 2.24) is 0 Å². The van der Waals surface area contributed by atoms with Crippen LogP contribution < -0.4 is 4.90 Å². The van der Waals surface area contributed by atoms with E-state index in [1.54, 1.807) is 11.0 Å². The second kappa shape index (κ2) is 13.2. The second-order valence-electron chi connectivity index (χ2n) is 2.69. The van der Waals surface area contributed by atoms with Gasteiger partial charge in [-0.2, -0.15) is 0 Å². The number of rotatable bonds is 1. The van der Waals surface area contributed by atoms with Gasteiger partial charge in [0.05, 0.1) is 0 Å². The second-order valence-corrected chi connectivity index (χ2v) is 2.69. The zero-order chi connectivity index (χ0) is 14.4. The van der Waals surface area contributed by atoms with Crippen LogP contribution in [0.25, 0.3) is 0 Å². The Bertz CT molecular complexity index is 334. The van der Waals surface area contributed by atoms with Gasteiger partial charge < -0.3 is 9.69 Å². The van der Waals surface area contributed by atoms with Gasteiger partial charge in [-0.15, -0.1) is 0 Å². The number of carbonyl (C=O) groups is 2. The minimum Gasteiger partial charge on any atom is -0.307 e. The Morgan fingerprint density at radius 1 is 1.00 bits per heavy atom. The molecule has 1 aromatic carbocycles. The molecule has 0 saturated heterocycles. The molecule has 0 fully saturated rings. The van der Waals surface area contributed by atoms with Gasteiger partial charge in [-0.05, 0) is 12.1 Å². The largest absolute Gasteiger partial charge is 0.307 e. The van der Waals surface area contributed by atoms with Crippen molar-refractivity contribution in [2.45, 2.75) is 27.7 Å². The number of para-hydroxylation sites is 1. The van der Waals surface area contributed by atoms with Gasteiger partial charge in [-0.1, -0.05) is 52.0 Å². The summed E-state index contributed by atoms with van der Waals surface area (Å²) in [5.74, 6) is 0.0706. The summed E-state index contributed by atoms with van der Waals surface area (Å²) in [6, 6.07) is 9.68. The predicted molar refractivity (Wildman–Crippen MR) is 77.8 cm³/mol. The molecule has 0 unspecified atom stereocenters. The maximum Gasteiger partial charge on any atom is 0.251 e. The zero-order valence-electron chi connectivity index (χ0n) is 11.7. The van der Waals surface area contributed by atoms with Crippen LogP contribution in [0.1, 0.15) is 27.7 Å². The Morgan fingerprint density at radius 3 is 1.89 bits per heavy atom. The first kappa shape index (κ1) is 18.5. The Balaban J connectivity index is 0. The molecule has 0 aromatic heterocycles. The number of nitrogens with zero attached hydrogens (tertiary/aromatic N) is 1. The van der Waals surface area contributed by atoms with Crippen LogP contribution in [0.2, 0.25) is 0 Å². The van der Waals surface area contributed by atoms with E-state index < -0.39 is 0 Å². The Kier molecular flexibility index (Phi) is 13.5. The average molecular weight is 249 g/mol. The Morgan fingerprint density at radius 2 is 1.50 bits per heavy atom. The third-order valence-electron chi connectivity index (χ3n) is 1.88. The first-order valence-corrected chi connectivity index (χ1v) is 6.20. The van der Waals surface area contributed by atoms with Gasteiger partial charge in [0.15, 0.2) is 0 Å². The Hall–Kier alpha value is -1.90. The molecule has 18 heavy (non-hydrogen) atoms. The van der Waals surface area contributed by atoms with Crippen LogP contribution >= 0.6 is 0 Å². The number of benzene rings is 1. The van der Waals surface area contributed by atoms with E-state index in [0.29, 0.717) is 6.54 Å². The number of amides is 1. The number of hydrogen-bond donors (Lipinski definition) is 0. The van der Waals surface area contributed by atoms with E-state index in [1.165, 1.54) is 0 Å². The molecule has 0 radical (unpaired) electrons. The quantitative estimate of drug-likeness (QED) is 0.764. The molecule has 100 valence electrons. The van der Waals surface area contributed by atoms with E-state index in [0.717, 1.165) is 5.69 Å². The van der Waals surface area contributed by atoms with Gasteiger partial charge in [-0.3, -0.25) is 4.79 Å². The van der Waals surface area contributed by atoms with E-state index in [9.17, 15) is 4.79 Å². The van der Waals surface area contributed by atoms with Gasteiger partial charge in [0.25, 0.3) is 5.91 Å². The van der Waals surface area contributed by atoms with Crippen LogP contribution in [0, 0.1) is 0 Å². The van der Waals surface area contributed by atoms with E-state index in [1.807, 2.05) is 70.9 Å². The van der Waals surface area contributed by atoms with Crippen molar-refractivity contribution < 1.29 is 9.59 Å². The molecule has 0 aliphatic carbocycles.